The van der Waals surface area contributed by atoms with Gasteiger partial charge in [0.25, 0.3) is 0 Å². The van der Waals surface area contributed by atoms with Crippen LogP contribution in [0.5, 0.6) is 11.5 Å². The van der Waals surface area contributed by atoms with Crippen molar-refractivity contribution >= 4 is 29.3 Å². The van der Waals surface area contributed by atoms with Crippen LogP contribution in [-0.2, 0) is 9.53 Å². The fourth-order valence-corrected chi connectivity index (χ4v) is 3.46. The second kappa shape index (κ2) is 9.67. The quantitative estimate of drug-likeness (QED) is 0.594. The van der Waals surface area contributed by atoms with Gasteiger partial charge in [0.1, 0.15) is 0 Å². The van der Waals surface area contributed by atoms with Gasteiger partial charge in [0.15, 0.2) is 11.5 Å². The Morgan fingerprint density at radius 3 is 2.72 bits per heavy atom. The molecule has 0 aromatic heterocycles. The third kappa shape index (κ3) is 4.83. The Balaban J connectivity index is 0.000000552. The Hall–Kier alpha value is -2.70. The number of nitrogens with zero attached hydrogens (tertiary/aromatic N) is 1. The summed E-state index contributed by atoms with van der Waals surface area (Å²) in [5.74, 6) is 1.42. The lowest BCUT2D eigenvalue weighted by Gasteiger charge is -2.32. The molecule has 29 heavy (non-hydrogen) atoms. The Morgan fingerprint density at radius 2 is 2.00 bits per heavy atom. The molecule has 0 fully saturated rings. The van der Waals surface area contributed by atoms with Gasteiger partial charge in [-0.1, -0.05) is 23.7 Å². The van der Waals surface area contributed by atoms with E-state index in [2.05, 4.69) is 10.8 Å². The molecule has 2 heterocycles. The van der Waals surface area contributed by atoms with Gasteiger partial charge in [0.05, 0.1) is 6.04 Å². The van der Waals surface area contributed by atoms with Crippen molar-refractivity contribution in [1.82, 2.24) is 4.90 Å². The first-order chi connectivity index (χ1) is 14.1. The van der Waals surface area contributed by atoms with Gasteiger partial charge in [-0.3, -0.25) is 4.79 Å². The molecule has 2 aromatic rings. The molecule has 4 rings (SSSR count). The number of carbonyl (C=O) groups is 1. The maximum Gasteiger partial charge on any atom is 0.231 e. The second-order valence-electron chi connectivity index (χ2n) is 6.65. The number of ether oxygens (including phenoxy) is 3. The number of amides is 1. The Morgan fingerprint density at radius 1 is 1.24 bits per heavy atom. The third-order valence-electron chi connectivity index (χ3n) is 4.88. The number of carbonyl (C=O) groups excluding carboxylic acids is 1. The highest BCUT2D eigenvalue weighted by Crippen LogP contribution is 2.39. The summed E-state index contributed by atoms with van der Waals surface area (Å²) < 4.78 is 15.4. The average Bonchev–Trinajstić information content (AvgIpc) is 3.23. The molecule has 1 atom stereocenters. The number of fused-ring (bicyclic) bond motifs is 1. The van der Waals surface area contributed by atoms with Crippen molar-refractivity contribution < 1.29 is 19.0 Å². The number of anilines is 1. The Kier molecular flexibility index (Phi) is 7.01. The van der Waals surface area contributed by atoms with Crippen molar-refractivity contribution in [1.29, 1.82) is 0 Å². The van der Waals surface area contributed by atoms with Crippen molar-refractivity contribution in [2.45, 2.75) is 19.4 Å². The summed E-state index contributed by atoms with van der Waals surface area (Å²) in [6.07, 6.45) is 3.67. The largest absolute Gasteiger partial charge is 0.454 e. The molecule has 0 bridgehead atoms. The van der Waals surface area contributed by atoms with Crippen LogP contribution in [0.1, 0.15) is 30.5 Å². The molecular weight excluding hydrogens is 392 g/mol. The first-order valence-corrected chi connectivity index (χ1v) is 9.80. The van der Waals surface area contributed by atoms with E-state index < -0.39 is 0 Å². The van der Waals surface area contributed by atoms with Gasteiger partial charge in [-0.2, -0.15) is 0 Å². The van der Waals surface area contributed by atoms with Crippen LogP contribution in [0.25, 0.3) is 5.57 Å². The standard InChI is InChI=1S/C19H17ClN2O3.C3H8O/c20-14-2-3-16(21)15(9-14)12-5-6-22(10-23)17(7-12)13-1-4-18-19(8-13)25-11-24-18;1-3-4-2/h1-4,7-10,17H,5-6,11,21H2;3H2,1-2H3. The maximum atomic E-state index is 11.5. The minimum absolute atomic E-state index is 0.186. The molecule has 0 saturated carbocycles. The molecular formula is C22H25ClN2O4. The van der Waals surface area contributed by atoms with Gasteiger partial charge in [-0.25, -0.2) is 0 Å². The van der Waals surface area contributed by atoms with Crippen LogP contribution >= 0.6 is 11.6 Å². The van der Waals surface area contributed by atoms with Crippen molar-refractivity contribution in [2.75, 3.05) is 32.8 Å². The summed E-state index contributed by atoms with van der Waals surface area (Å²) in [5.41, 5.74) is 9.78. The molecule has 0 spiro atoms. The number of benzene rings is 2. The maximum absolute atomic E-state index is 11.5. The van der Waals surface area contributed by atoms with Crippen LogP contribution in [-0.4, -0.2) is 38.4 Å². The molecule has 6 nitrogen and oxygen atoms in total. The van der Waals surface area contributed by atoms with E-state index >= 15 is 0 Å². The topological polar surface area (TPSA) is 74.0 Å². The molecule has 2 N–H and O–H groups in total. The molecule has 7 heteroatoms. The van der Waals surface area contributed by atoms with Crippen molar-refractivity contribution in [3.63, 3.8) is 0 Å². The highest BCUT2D eigenvalue weighted by atomic mass is 35.5. The van der Waals surface area contributed by atoms with Crippen LogP contribution < -0.4 is 15.2 Å². The van der Waals surface area contributed by atoms with E-state index in [1.165, 1.54) is 0 Å². The fraction of sp³-hybridized carbons (Fsp3) is 0.318. The number of nitrogens with two attached hydrogens (primary N) is 1. The van der Waals surface area contributed by atoms with E-state index in [-0.39, 0.29) is 12.8 Å². The molecule has 0 radical (unpaired) electrons. The summed E-state index contributed by atoms with van der Waals surface area (Å²) in [4.78, 5) is 13.3. The minimum Gasteiger partial charge on any atom is -0.454 e. The summed E-state index contributed by atoms with van der Waals surface area (Å²) in [6.45, 7) is 3.61. The van der Waals surface area contributed by atoms with Crippen LogP contribution in [0.3, 0.4) is 0 Å². The molecule has 0 aliphatic carbocycles. The van der Waals surface area contributed by atoms with Crippen molar-refractivity contribution in [2.24, 2.45) is 0 Å². The van der Waals surface area contributed by atoms with Crippen LogP contribution in [0.2, 0.25) is 5.02 Å². The smallest absolute Gasteiger partial charge is 0.231 e. The Labute approximate surface area is 175 Å². The van der Waals surface area contributed by atoms with Gasteiger partial charge < -0.3 is 24.8 Å². The van der Waals surface area contributed by atoms with E-state index in [1.54, 1.807) is 24.1 Å². The average molecular weight is 417 g/mol. The Bertz CT molecular complexity index is 898. The lowest BCUT2D eigenvalue weighted by molar-refractivity contribution is -0.119. The van der Waals surface area contributed by atoms with Crippen LogP contribution in [0, 0.1) is 0 Å². The summed E-state index contributed by atoms with van der Waals surface area (Å²) in [6, 6.07) is 11.0. The third-order valence-corrected chi connectivity index (χ3v) is 5.11. The number of hydrogen-bond donors (Lipinski definition) is 1. The minimum atomic E-state index is -0.186. The van der Waals surface area contributed by atoms with Crippen molar-refractivity contribution in [3.8, 4) is 11.5 Å². The number of hydrogen-bond acceptors (Lipinski definition) is 5. The van der Waals surface area contributed by atoms with Crippen molar-refractivity contribution in [3.05, 3.63) is 58.6 Å². The lowest BCUT2D eigenvalue weighted by Crippen LogP contribution is -2.30. The summed E-state index contributed by atoms with van der Waals surface area (Å²) in [5, 5.41) is 0.641. The molecule has 1 unspecified atom stereocenters. The molecule has 2 aliphatic heterocycles. The highest BCUT2D eigenvalue weighted by molar-refractivity contribution is 6.30. The normalized spacial score (nSPS) is 17.3. The van der Waals surface area contributed by atoms with Crippen LogP contribution in [0.4, 0.5) is 5.69 Å². The predicted octanol–water partition coefficient (Wildman–Crippen LogP) is 4.29. The van der Waals surface area contributed by atoms with Gasteiger partial charge >= 0.3 is 0 Å². The predicted molar refractivity (Wildman–Crippen MR) is 114 cm³/mol. The SMILES string of the molecule is CCOC.Nc1ccc(Cl)cc1C1=CC(c2ccc3c(c2)OCO3)N(C=O)CC1. The first kappa shape index (κ1) is 21.0. The number of halogens is 1. The zero-order chi connectivity index (χ0) is 20.8. The van der Waals surface area contributed by atoms with Gasteiger partial charge in [0, 0.05) is 36.5 Å². The van der Waals surface area contributed by atoms with Gasteiger partial charge in [-0.15, -0.1) is 0 Å². The van der Waals surface area contributed by atoms with E-state index in [9.17, 15) is 4.79 Å². The highest BCUT2D eigenvalue weighted by Gasteiger charge is 2.25. The monoisotopic (exact) mass is 416 g/mol. The molecule has 2 aliphatic rings. The zero-order valence-corrected chi connectivity index (χ0v) is 17.3. The van der Waals surface area contributed by atoms with E-state index in [0.717, 1.165) is 41.9 Å². The van der Waals surface area contributed by atoms with E-state index in [0.29, 0.717) is 23.0 Å². The first-order valence-electron chi connectivity index (χ1n) is 9.43. The molecule has 1 amide bonds. The number of nitrogen functional groups attached to an aromatic ring is 1. The van der Waals surface area contributed by atoms with Gasteiger partial charge in [-0.05, 0) is 54.8 Å². The molecule has 0 saturated heterocycles. The summed E-state index contributed by atoms with van der Waals surface area (Å²) >= 11 is 6.13. The van der Waals surface area contributed by atoms with Gasteiger partial charge in [0.2, 0.25) is 13.2 Å². The fourth-order valence-electron chi connectivity index (χ4n) is 3.29. The second-order valence-corrected chi connectivity index (χ2v) is 7.09. The molecule has 154 valence electrons. The summed E-state index contributed by atoms with van der Waals surface area (Å²) in [7, 11) is 1.68. The van der Waals surface area contributed by atoms with Crippen LogP contribution in [0.15, 0.2) is 42.5 Å². The zero-order valence-electron chi connectivity index (χ0n) is 16.6. The number of rotatable bonds is 4. The molecule has 2 aromatic carbocycles. The number of methoxy groups -OCH3 is 1. The van der Waals surface area contributed by atoms with E-state index in [4.69, 9.17) is 26.8 Å². The van der Waals surface area contributed by atoms with E-state index in [1.807, 2.05) is 31.2 Å². The lowest BCUT2D eigenvalue weighted by atomic mass is 9.92.